The number of rotatable bonds is 5. The van der Waals surface area contributed by atoms with E-state index in [1.54, 1.807) is 16.9 Å². The molecule has 3 aromatic rings. The Hall–Kier alpha value is -3.24. The Bertz CT molecular complexity index is 1310. The average Bonchev–Trinajstić information content (AvgIpc) is 3.16. The quantitative estimate of drug-likeness (QED) is 0.635. The maximum Gasteiger partial charge on any atom is 0.238 e. The van der Waals surface area contributed by atoms with Crippen molar-refractivity contribution in [1.82, 2.24) is 20.4 Å². The van der Waals surface area contributed by atoms with E-state index in [2.05, 4.69) is 28.7 Å². The van der Waals surface area contributed by atoms with Crippen LogP contribution >= 0.6 is 0 Å². The number of fused-ring (bicyclic) bond motifs is 6. The zero-order valence-corrected chi connectivity index (χ0v) is 18.6. The molecule has 2 aliphatic carbocycles. The van der Waals surface area contributed by atoms with Crippen molar-refractivity contribution in [2.75, 3.05) is 0 Å². The maximum atomic E-state index is 15.0. The van der Waals surface area contributed by atoms with Crippen LogP contribution in [-0.2, 0) is 18.3 Å². The highest BCUT2D eigenvalue weighted by atomic mass is 19.1. The third-order valence-corrected chi connectivity index (χ3v) is 8.14. The topological polar surface area (TPSA) is 82.7 Å². The molecule has 2 aromatic carbocycles. The molecule has 1 saturated heterocycles. The monoisotopic (exact) mass is 443 g/mol. The van der Waals surface area contributed by atoms with Crippen LogP contribution in [0.5, 0.6) is 0 Å². The molecule has 2 heterocycles. The van der Waals surface area contributed by atoms with Gasteiger partial charge >= 0.3 is 0 Å². The van der Waals surface area contributed by atoms with Crippen molar-refractivity contribution in [2.45, 2.75) is 37.9 Å². The van der Waals surface area contributed by atoms with Gasteiger partial charge in [0, 0.05) is 24.9 Å². The molecule has 2 bridgehead atoms. The summed E-state index contributed by atoms with van der Waals surface area (Å²) in [6, 6.07) is 12.5. The molecular formula is C26H26FN5O. The number of aromatic nitrogens is 2. The number of nitriles is 1. The number of nitrogens with zero attached hydrogens (tertiary/aromatic N) is 3. The Morgan fingerprint density at radius 3 is 2.85 bits per heavy atom. The van der Waals surface area contributed by atoms with Gasteiger partial charge < -0.3 is 10.6 Å². The van der Waals surface area contributed by atoms with Crippen molar-refractivity contribution in [3.63, 3.8) is 0 Å². The van der Waals surface area contributed by atoms with Crippen LogP contribution in [0.1, 0.15) is 18.9 Å². The molecule has 6 rings (SSSR count). The van der Waals surface area contributed by atoms with Gasteiger partial charge in [0.1, 0.15) is 11.9 Å². The number of amides is 1. The first-order valence-electron chi connectivity index (χ1n) is 11.6. The first-order valence-corrected chi connectivity index (χ1v) is 11.6. The van der Waals surface area contributed by atoms with Crippen molar-refractivity contribution in [3.05, 3.63) is 54.0 Å². The van der Waals surface area contributed by atoms with Crippen LogP contribution < -0.4 is 10.6 Å². The average molecular weight is 444 g/mol. The third kappa shape index (κ3) is 3.24. The molecule has 7 heteroatoms. The Labute approximate surface area is 191 Å². The Morgan fingerprint density at radius 2 is 2.09 bits per heavy atom. The lowest BCUT2D eigenvalue weighted by Crippen LogP contribution is -2.51. The summed E-state index contributed by atoms with van der Waals surface area (Å²) in [5, 5.41) is 21.2. The molecule has 2 N–H and O–H groups in total. The van der Waals surface area contributed by atoms with E-state index in [4.69, 9.17) is 0 Å². The second-order valence-electron chi connectivity index (χ2n) is 9.91. The van der Waals surface area contributed by atoms with Gasteiger partial charge in [-0.1, -0.05) is 25.1 Å². The van der Waals surface area contributed by atoms with Crippen LogP contribution in [0.4, 0.5) is 4.39 Å². The lowest BCUT2D eigenvalue weighted by atomic mass is 9.94. The van der Waals surface area contributed by atoms with Crippen molar-refractivity contribution in [3.8, 4) is 17.2 Å². The number of piperidine rings is 1. The molecule has 1 aromatic heterocycles. The largest absolute Gasteiger partial charge is 0.339 e. The Morgan fingerprint density at radius 1 is 1.30 bits per heavy atom. The van der Waals surface area contributed by atoms with Gasteiger partial charge in [-0.05, 0) is 65.0 Å². The summed E-state index contributed by atoms with van der Waals surface area (Å²) in [6.07, 6.45) is 2.98. The minimum atomic E-state index is -0.766. The normalized spacial score (nSPS) is 30.1. The molecule has 33 heavy (non-hydrogen) atoms. The number of hydrogen-bond acceptors (Lipinski definition) is 4. The Kier molecular flexibility index (Phi) is 4.56. The van der Waals surface area contributed by atoms with Crippen molar-refractivity contribution in [2.24, 2.45) is 30.7 Å². The van der Waals surface area contributed by atoms with Crippen molar-refractivity contribution in [1.29, 1.82) is 5.26 Å². The van der Waals surface area contributed by atoms with E-state index in [-0.39, 0.29) is 24.2 Å². The zero-order valence-electron chi connectivity index (χ0n) is 18.6. The van der Waals surface area contributed by atoms with Gasteiger partial charge in [-0.15, -0.1) is 0 Å². The summed E-state index contributed by atoms with van der Waals surface area (Å²) in [5.41, 5.74) is 3.10. The first kappa shape index (κ1) is 20.4. The smallest absolute Gasteiger partial charge is 0.238 e. The lowest BCUT2D eigenvalue weighted by Gasteiger charge is -2.23. The molecule has 1 aliphatic heterocycles. The Balaban J connectivity index is 1.15. The number of benzene rings is 2. The van der Waals surface area contributed by atoms with Gasteiger partial charge in [0.25, 0.3) is 0 Å². The van der Waals surface area contributed by atoms with Crippen LogP contribution in [0.3, 0.4) is 0 Å². The molecule has 3 unspecified atom stereocenters. The zero-order chi connectivity index (χ0) is 22.9. The second-order valence-corrected chi connectivity index (χ2v) is 9.91. The summed E-state index contributed by atoms with van der Waals surface area (Å²) < 4.78 is 16.8. The van der Waals surface area contributed by atoms with Gasteiger partial charge in [-0.25, -0.2) is 4.39 Å². The van der Waals surface area contributed by atoms with E-state index in [9.17, 15) is 14.4 Å². The number of hydrogen-bond donors (Lipinski definition) is 2. The lowest BCUT2D eigenvalue weighted by molar-refractivity contribution is -0.124. The highest BCUT2D eigenvalue weighted by Gasteiger charge is 2.67. The molecule has 3 fully saturated rings. The molecule has 6 nitrogen and oxygen atoms in total. The molecule has 168 valence electrons. The minimum Gasteiger partial charge on any atom is -0.339 e. The van der Waals surface area contributed by atoms with Gasteiger partial charge in [0.2, 0.25) is 5.91 Å². The highest BCUT2D eigenvalue weighted by molar-refractivity contribution is 5.85. The van der Waals surface area contributed by atoms with Crippen LogP contribution in [0, 0.1) is 40.8 Å². The predicted octanol–water partition coefficient (Wildman–Crippen LogP) is 3.17. The summed E-state index contributed by atoms with van der Waals surface area (Å²) >= 11 is 0. The van der Waals surface area contributed by atoms with Gasteiger partial charge in [0.05, 0.1) is 23.8 Å². The maximum absolute atomic E-state index is 15.0. The molecule has 2 saturated carbocycles. The van der Waals surface area contributed by atoms with Gasteiger partial charge in [0.15, 0.2) is 0 Å². The van der Waals surface area contributed by atoms with Crippen LogP contribution in [0.15, 0.2) is 42.6 Å². The molecule has 0 spiro atoms. The van der Waals surface area contributed by atoms with E-state index < -0.39 is 6.04 Å². The van der Waals surface area contributed by atoms with Crippen molar-refractivity contribution >= 4 is 16.8 Å². The number of halogens is 1. The molecule has 3 aliphatic rings. The van der Waals surface area contributed by atoms with Crippen molar-refractivity contribution < 1.29 is 9.18 Å². The fourth-order valence-electron chi connectivity index (χ4n) is 6.45. The summed E-state index contributed by atoms with van der Waals surface area (Å²) in [5.74, 6) is 1.91. The molecule has 7 atom stereocenters. The SMILES string of the molecule is CC1C2C1[C@H]1C[C@@H]2N[C@@H]1C(=O)N[C@H](C#N)Cc1ccc(-c2ccc3c(cnn3C)c2)cc1F. The summed E-state index contributed by atoms with van der Waals surface area (Å²) in [6.45, 7) is 2.26. The van der Waals surface area contributed by atoms with Crippen LogP contribution in [0.2, 0.25) is 0 Å². The molecular weight excluding hydrogens is 417 g/mol. The number of nitrogens with one attached hydrogen (secondary N) is 2. The number of carbonyl (C=O) groups excluding carboxylic acids is 1. The standard InChI is InChI=1S/C26H26FN5O/c1-13-23-19-10-21(24(13)23)31-25(19)26(33)30-18(11-28)8-16-4-3-15(9-20(16)27)14-5-6-22-17(7-14)12-29-32(22)2/h3-7,9,12-13,18-19,21,23-25,31H,8,10H2,1-2H3,(H,30,33)/t13?,18-,19+,21-,23?,24?,25-/m0/s1. The summed E-state index contributed by atoms with van der Waals surface area (Å²) in [4.78, 5) is 12.9. The van der Waals surface area contributed by atoms with E-state index in [1.807, 2.05) is 31.3 Å². The predicted molar refractivity (Wildman–Crippen MR) is 122 cm³/mol. The third-order valence-electron chi connectivity index (χ3n) is 8.14. The van der Waals surface area contributed by atoms with Crippen LogP contribution in [-0.4, -0.2) is 33.8 Å². The first-order chi connectivity index (χ1) is 15.9. The highest BCUT2D eigenvalue weighted by Crippen LogP contribution is 2.64. The van der Waals surface area contributed by atoms with E-state index in [0.29, 0.717) is 29.4 Å². The van der Waals surface area contributed by atoms with Crippen LogP contribution in [0.25, 0.3) is 22.0 Å². The summed E-state index contributed by atoms with van der Waals surface area (Å²) in [7, 11) is 1.89. The van der Waals surface area contributed by atoms with E-state index in [1.165, 1.54) is 6.07 Å². The fraction of sp³-hybridized carbons (Fsp3) is 0.423. The minimum absolute atomic E-state index is 0.131. The second kappa shape index (κ2) is 7.39. The van der Waals surface area contributed by atoms with E-state index >= 15 is 0 Å². The fourth-order valence-corrected chi connectivity index (χ4v) is 6.45. The number of carbonyl (C=O) groups is 1. The molecule has 1 amide bonds. The number of aryl methyl sites for hydroxylation is 1. The van der Waals surface area contributed by atoms with Gasteiger partial charge in [-0.2, -0.15) is 10.4 Å². The molecule has 0 radical (unpaired) electrons. The van der Waals surface area contributed by atoms with E-state index in [0.717, 1.165) is 34.4 Å². The van der Waals surface area contributed by atoms with Gasteiger partial charge in [-0.3, -0.25) is 9.48 Å².